The van der Waals surface area contributed by atoms with E-state index in [4.69, 9.17) is 70.7 Å². The number of amides is 1. The minimum absolute atomic E-state index is 0.0184. The predicted octanol–water partition coefficient (Wildman–Crippen LogP) is -9.64. The van der Waals surface area contributed by atoms with E-state index in [2.05, 4.69) is 47.8 Å². The third kappa shape index (κ3) is 17.9. The molecular formula is C73H107N4O36+. The summed E-state index contributed by atoms with van der Waals surface area (Å²) >= 11 is 0. The fraction of sp³-hybridized carbons (Fsp3) is 0.726. The van der Waals surface area contributed by atoms with Crippen molar-refractivity contribution >= 4 is 22.6 Å². The molecule has 21 fully saturated rings. The molecule has 0 saturated carbocycles. The first kappa shape index (κ1) is 87.3. The lowest BCUT2D eigenvalue weighted by Gasteiger charge is -2.50. The van der Waals surface area contributed by atoms with E-state index in [9.17, 15) is 107 Å². The van der Waals surface area contributed by atoms with Crippen LogP contribution in [0.25, 0.3) is 33.4 Å². The summed E-state index contributed by atoms with van der Waals surface area (Å²) in [6.07, 6.45) is -71.0. The monoisotopic (exact) mass is 1620 g/mol. The van der Waals surface area contributed by atoms with Crippen molar-refractivity contribution in [1.29, 1.82) is 0 Å². The van der Waals surface area contributed by atoms with Gasteiger partial charge in [-0.1, -0.05) is 18.2 Å². The van der Waals surface area contributed by atoms with Crippen LogP contribution in [0, 0.1) is 0 Å². The number of benzene rings is 3. The van der Waals surface area contributed by atoms with Crippen molar-refractivity contribution in [2.45, 2.75) is 249 Å². The quantitative estimate of drug-likeness (QED) is 0.0235. The number of carbonyl (C=O) groups excluding carboxylic acids is 1. The Kier molecular flexibility index (Phi) is 29.7. The van der Waals surface area contributed by atoms with Crippen molar-refractivity contribution < 1.29 is 178 Å². The number of nitrogens with zero attached hydrogens (tertiary/aromatic N) is 2. The molecule has 113 heavy (non-hydrogen) atoms. The molecular weight excluding hydrogens is 1510 g/mol. The summed E-state index contributed by atoms with van der Waals surface area (Å²) in [5.74, 6) is 0.178. The molecule has 0 radical (unpaired) electrons. The van der Waals surface area contributed by atoms with Gasteiger partial charge in [0.25, 0.3) is 5.91 Å². The normalized spacial score (nSPS) is 41.4. The van der Waals surface area contributed by atoms with Gasteiger partial charge < -0.3 is 188 Å². The van der Waals surface area contributed by atoms with Crippen molar-refractivity contribution in [2.24, 2.45) is 0 Å². The van der Waals surface area contributed by atoms with E-state index in [1.54, 1.807) is 12.1 Å². The molecule has 25 rings (SSSR count). The zero-order valence-electron chi connectivity index (χ0n) is 62.3. The second kappa shape index (κ2) is 38.4. The highest BCUT2D eigenvalue weighted by molar-refractivity contribution is 6.09. The summed E-state index contributed by atoms with van der Waals surface area (Å²) in [7, 11) is 0. The van der Waals surface area contributed by atoms with E-state index in [0.29, 0.717) is 22.5 Å². The molecule has 22 aliphatic heterocycles. The lowest BCUT2D eigenvalue weighted by molar-refractivity contribution is -0.396. The van der Waals surface area contributed by atoms with Crippen LogP contribution in [0.3, 0.4) is 0 Å². The van der Waals surface area contributed by atoms with Gasteiger partial charge in [-0.05, 0) is 70.5 Å². The summed E-state index contributed by atoms with van der Waals surface area (Å²) in [5.41, 5.74) is 4.08. The van der Waals surface area contributed by atoms with Gasteiger partial charge in [0, 0.05) is 66.1 Å². The number of aliphatic hydroxyl groups excluding tert-OH is 20. The van der Waals surface area contributed by atoms with Gasteiger partial charge in [0.1, 0.15) is 189 Å². The van der Waals surface area contributed by atoms with Crippen LogP contribution in [0.1, 0.15) is 44.5 Å². The van der Waals surface area contributed by atoms with Gasteiger partial charge in [-0.25, -0.2) is 4.58 Å². The average Bonchev–Trinajstić information content (AvgIpc) is 0.795. The molecule has 22 heterocycles. The Morgan fingerprint density at radius 1 is 0.381 bits per heavy atom. The molecule has 634 valence electrons. The number of aliphatic hydroxyl groups is 20. The molecule has 1 amide bonds. The van der Waals surface area contributed by atoms with Crippen LogP contribution in [0.5, 0.6) is 0 Å². The first-order valence-corrected chi connectivity index (χ1v) is 38.1. The number of hydrogen-bond donors (Lipinski definition) is 22. The maximum Gasteiger partial charge on any atom is 0.251 e. The smallest absolute Gasteiger partial charge is 0.251 e. The van der Waals surface area contributed by atoms with Gasteiger partial charge in [0.15, 0.2) is 44.0 Å². The minimum atomic E-state index is -2.24. The standard InChI is InChI=1S/C73H106N4O36/c1-5-76(6-2)29-13-15-33-36(21-29)99-37-22-30(77(7-3)8-4)14-16-34(37)44(33)31-11-9-10-12-32(31)66(98)75-20-19-74-18-17-35-59-45(84)52(91)67(100-35)108-60-38(23-78)102-69(54(93)47(60)86)110-62-40(25-80)104-71(56(95)49(62)88)112-64-42(27-82)106-73(58(97)51(64)90)113-65-43(28-83)105-72(57(96)50(65)89)111-63-41(26-81)103-70(55(94)48(63)87)109-61-39(24-79)101-68(107-59)53(92)46(61)85/h9-16,21-22,35,38-43,45-65,67-74,78-97H,5-8,17-20,23-28H2,1-4H3/p+1/t35-,38-,39-,40-,41-,42-,43-,45-,46-,47-,48-,49-,50-,51-,52-,53-,54-,55-,56-,57-,58-,59-,60-,61-,62-,63-,64-,65-,67-,68-,69-,70-,71-,72-,73-/m1/s1. The average molecular weight is 1620 g/mol. The molecule has 23 aliphatic rings. The van der Waals surface area contributed by atoms with Crippen molar-refractivity contribution in [3.8, 4) is 22.5 Å². The number of rotatable bonds is 19. The number of carbonyl (C=O) groups is 1. The summed E-state index contributed by atoms with van der Waals surface area (Å²) < 4.78 is 91.5. The Morgan fingerprint density at radius 3 is 1.07 bits per heavy atom. The first-order valence-electron chi connectivity index (χ1n) is 38.1. The van der Waals surface area contributed by atoms with E-state index in [0.717, 1.165) is 53.7 Å². The first-order chi connectivity index (χ1) is 54.3. The van der Waals surface area contributed by atoms with Crippen LogP contribution < -0.4 is 25.5 Å². The zero-order valence-corrected chi connectivity index (χ0v) is 62.3. The van der Waals surface area contributed by atoms with Gasteiger partial charge in [-0.2, -0.15) is 0 Å². The molecule has 21 saturated heterocycles. The molecule has 2 aromatic carbocycles. The second-order valence-electron chi connectivity index (χ2n) is 29.0. The topological polar surface area (TPSA) is 594 Å². The van der Waals surface area contributed by atoms with Gasteiger partial charge in [0.05, 0.1) is 51.8 Å². The number of fused-ring (bicyclic) bond motifs is 2. The summed E-state index contributed by atoms with van der Waals surface area (Å²) in [6, 6.07) is 19.2. The van der Waals surface area contributed by atoms with Gasteiger partial charge >= 0.3 is 0 Å². The Bertz CT molecular complexity index is 3730. The molecule has 40 heteroatoms. The molecule has 0 unspecified atom stereocenters. The van der Waals surface area contributed by atoms with Crippen LogP contribution >= 0.6 is 0 Å². The highest BCUT2D eigenvalue weighted by Gasteiger charge is 2.60. The molecule has 40 nitrogen and oxygen atoms in total. The van der Waals surface area contributed by atoms with Crippen LogP contribution in [-0.4, -0.2) is 408 Å². The highest BCUT2D eigenvalue weighted by Crippen LogP contribution is 2.44. The van der Waals surface area contributed by atoms with E-state index < -0.39 is 260 Å². The van der Waals surface area contributed by atoms with Crippen LogP contribution in [-0.2, 0) is 66.3 Å². The minimum Gasteiger partial charge on any atom is -0.456 e. The van der Waals surface area contributed by atoms with Crippen molar-refractivity contribution in [2.75, 3.05) is 90.4 Å². The SMILES string of the molecule is CCN(CC)c1ccc2c(-c3ccccc3C(=O)NCCNCC[C@H]3O[C@@H]4O[C@H]5[C@H](O)[C@@H](O)[C@@H](O[C@H]6[C@H](O)[C@@H](O)[C@@H](O[C@H]7[C@H](O)[C@@H](O)[C@@H](O[C@H]8[C@H](O)[C@@H](O)[C@@H](O[C@H]9[C@H](O)[C@@H](O)[C@@H](O[C@H]%10[C@H](O)[C@@H](O)[C@@H](O[C@H]3[C@H](O)[C@H]4O)O[C@@H]%10CO)O[C@@H]9CO)O[C@@H]8CO)O[C@@H]7CO)O[C@@H]6CO)O[C@@H]5CO)c3ccc(=[N+](CC)CC)cc-3oc2c1. The molecule has 2 aromatic rings. The lowest BCUT2D eigenvalue weighted by Crippen LogP contribution is -2.68. The fourth-order valence-electron chi connectivity index (χ4n) is 15.9. The second-order valence-corrected chi connectivity index (χ2v) is 29.0. The maximum atomic E-state index is 14.5. The molecule has 0 spiro atoms. The number of ether oxygens (including phenoxy) is 14. The van der Waals surface area contributed by atoms with E-state index in [-0.39, 0.29) is 26.1 Å². The predicted molar refractivity (Wildman–Crippen MR) is 379 cm³/mol. The largest absolute Gasteiger partial charge is 0.456 e. The van der Waals surface area contributed by atoms with E-state index in [1.165, 1.54) is 0 Å². The Morgan fingerprint density at radius 2 is 0.726 bits per heavy atom. The van der Waals surface area contributed by atoms with E-state index in [1.807, 2.05) is 48.5 Å². The molecule has 14 bridgehead atoms. The van der Waals surface area contributed by atoms with Gasteiger partial charge in [0.2, 0.25) is 5.36 Å². The van der Waals surface area contributed by atoms with Crippen LogP contribution in [0.2, 0.25) is 0 Å². The third-order valence-electron chi connectivity index (χ3n) is 22.2. The Labute approximate surface area is 646 Å². The number of hydrogen-bond acceptors (Lipinski definition) is 38. The van der Waals surface area contributed by atoms with Crippen molar-refractivity contribution in [3.05, 3.63) is 71.6 Å². The summed E-state index contributed by atoms with van der Waals surface area (Å²) in [6.45, 7) is 4.95. The van der Waals surface area contributed by atoms with Gasteiger partial charge in [-0.3, -0.25) is 4.79 Å². The number of anilines is 1. The van der Waals surface area contributed by atoms with Gasteiger partial charge in [-0.15, -0.1) is 0 Å². The molecule has 0 aromatic heterocycles. The zero-order chi connectivity index (χ0) is 81.1. The van der Waals surface area contributed by atoms with Crippen molar-refractivity contribution in [3.63, 3.8) is 0 Å². The van der Waals surface area contributed by atoms with E-state index >= 15 is 0 Å². The highest BCUT2D eigenvalue weighted by atomic mass is 16.8. The molecule has 22 N–H and O–H groups in total. The third-order valence-corrected chi connectivity index (χ3v) is 22.2. The fourth-order valence-corrected chi connectivity index (χ4v) is 15.9. The summed E-state index contributed by atoms with van der Waals surface area (Å²) in [4.78, 5) is 16.7. The summed E-state index contributed by atoms with van der Waals surface area (Å²) in [5, 5.41) is 235. The number of nitrogens with one attached hydrogen (secondary N) is 2. The maximum absolute atomic E-state index is 14.5. The van der Waals surface area contributed by atoms with Crippen molar-refractivity contribution in [1.82, 2.24) is 15.2 Å². The Balaban J connectivity index is 0.799. The van der Waals surface area contributed by atoms with Crippen LogP contribution in [0.4, 0.5) is 5.69 Å². The molecule has 35 atom stereocenters. The van der Waals surface area contributed by atoms with Crippen LogP contribution in [0.15, 0.2) is 65.1 Å². The molecule has 1 aliphatic carbocycles. The Hall–Kier alpha value is -5.00. The lowest BCUT2D eigenvalue weighted by atomic mass is 9.90.